The van der Waals surface area contributed by atoms with Gasteiger partial charge in [-0.15, -0.1) is 10.2 Å². The molecule has 3 N–H and O–H groups in total. The highest BCUT2D eigenvalue weighted by Crippen LogP contribution is 2.45. The lowest BCUT2D eigenvalue weighted by Gasteiger charge is -2.31. The van der Waals surface area contributed by atoms with Gasteiger partial charge in [-0.05, 0) is 56.2 Å². The molecule has 3 aliphatic rings. The number of nitrogens with zero attached hydrogens (tertiary/aromatic N) is 2. The van der Waals surface area contributed by atoms with Crippen LogP contribution < -0.4 is 16.0 Å². The van der Waals surface area contributed by atoms with Crippen LogP contribution in [0, 0.1) is 12.8 Å². The van der Waals surface area contributed by atoms with Gasteiger partial charge in [0.15, 0.2) is 0 Å². The van der Waals surface area contributed by atoms with Crippen LogP contribution in [0.2, 0.25) is 0 Å². The SMILES string of the molecule is Cc1nnc(C(=O)N[C@H](C(=O)Nc2ccc3c(c2)NC(=O)C32CCOCC2)C2CCCCC2)s1. The number of hydrogen-bond donors (Lipinski definition) is 3. The summed E-state index contributed by atoms with van der Waals surface area (Å²) >= 11 is 1.21. The van der Waals surface area contributed by atoms with Gasteiger partial charge >= 0.3 is 0 Å². The van der Waals surface area contributed by atoms with Crippen LogP contribution in [0.1, 0.15) is 65.3 Å². The smallest absolute Gasteiger partial charge is 0.282 e. The lowest BCUT2D eigenvalue weighted by atomic mass is 9.75. The van der Waals surface area contributed by atoms with Gasteiger partial charge in [0.05, 0.1) is 5.41 Å². The van der Waals surface area contributed by atoms with Crippen LogP contribution in [0.4, 0.5) is 11.4 Å². The summed E-state index contributed by atoms with van der Waals surface area (Å²) in [5.74, 6) is -0.578. The van der Waals surface area contributed by atoms with Crippen molar-refractivity contribution < 1.29 is 19.1 Å². The fourth-order valence-electron chi connectivity index (χ4n) is 5.40. The number of hydrogen-bond acceptors (Lipinski definition) is 7. The Labute approximate surface area is 202 Å². The van der Waals surface area contributed by atoms with E-state index in [1.807, 2.05) is 18.2 Å². The zero-order valence-corrected chi connectivity index (χ0v) is 20.0. The summed E-state index contributed by atoms with van der Waals surface area (Å²) in [5, 5.41) is 17.7. The highest BCUT2D eigenvalue weighted by atomic mass is 32.1. The van der Waals surface area contributed by atoms with E-state index in [1.165, 1.54) is 11.3 Å². The molecule has 1 atom stereocenters. The maximum atomic E-state index is 13.4. The Bertz CT molecular complexity index is 1100. The number of anilines is 2. The number of rotatable bonds is 5. The number of amides is 3. The summed E-state index contributed by atoms with van der Waals surface area (Å²) in [7, 11) is 0. The van der Waals surface area contributed by atoms with E-state index in [9.17, 15) is 14.4 Å². The quantitative estimate of drug-likeness (QED) is 0.600. The molecule has 1 aliphatic carbocycles. The van der Waals surface area contributed by atoms with Crippen LogP contribution in [0.15, 0.2) is 18.2 Å². The third-order valence-corrected chi connectivity index (χ3v) is 8.08. The van der Waals surface area contributed by atoms with Crippen molar-refractivity contribution in [3.63, 3.8) is 0 Å². The molecule has 34 heavy (non-hydrogen) atoms. The number of carbonyl (C=O) groups is 3. The number of fused-ring (bicyclic) bond motifs is 2. The van der Waals surface area contributed by atoms with Crippen LogP contribution >= 0.6 is 11.3 Å². The van der Waals surface area contributed by atoms with Crippen LogP contribution in [0.5, 0.6) is 0 Å². The molecule has 2 fully saturated rings. The first kappa shape index (κ1) is 22.9. The minimum absolute atomic E-state index is 0.00558. The highest BCUT2D eigenvalue weighted by molar-refractivity contribution is 7.13. The minimum atomic E-state index is -0.665. The molecule has 5 rings (SSSR count). The van der Waals surface area contributed by atoms with Crippen molar-refractivity contribution in [2.75, 3.05) is 23.8 Å². The van der Waals surface area contributed by atoms with Gasteiger partial charge < -0.3 is 20.7 Å². The molecule has 2 aromatic rings. The van der Waals surface area contributed by atoms with Gasteiger partial charge in [-0.1, -0.05) is 36.7 Å². The van der Waals surface area contributed by atoms with Gasteiger partial charge in [0.2, 0.25) is 16.8 Å². The average molecular weight is 484 g/mol. The van der Waals surface area contributed by atoms with Crippen molar-refractivity contribution in [2.24, 2.45) is 5.92 Å². The molecule has 9 nitrogen and oxygen atoms in total. The first-order valence-corrected chi connectivity index (χ1v) is 12.7. The van der Waals surface area contributed by atoms with Crippen LogP contribution in [0.25, 0.3) is 0 Å². The molecular formula is C24H29N5O4S. The fraction of sp³-hybridized carbons (Fsp3) is 0.542. The molecule has 10 heteroatoms. The highest BCUT2D eigenvalue weighted by Gasteiger charge is 2.47. The van der Waals surface area contributed by atoms with E-state index in [1.54, 1.807) is 6.92 Å². The first-order chi connectivity index (χ1) is 16.5. The number of carbonyl (C=O) groups excluding carboxylic acids is 3. The van der Waals surface area contributed by atoms with Crippen LogP contribution in [-0.4, -0.2) is 47.2 Å². The van der Waals surface area contributed by atoms with Crippen molar-refractivity contribution in [2.45, 2.75) is 63.3 Å². The van der Waals surface area contributed by atoms with E-state index < -0.39 is 11.5 Å². The molecule has 0 unspecified atom stereocenters. The zero-order chi connectivity index (χ0) is 23.7. The summed E-state index contributed by atoms with van der Waals surface area (Å²) in [6, 6.07) is 4.90. The van der Waals surface area contributed by atoms with Gasteiger partial charge in [0, 0.05) is 24.6 Å². The molecule has 0 bridgehead atoms. The molecule has 180 valence electrons. The second-order valence-electron chi connectivity index (χ2n) is 9.37. The number of nitrogens with one attached hydrogen (secondary N) is 3. The standard InChI is InChI=1S/C24H29N5O4S/c1-14-28-29-22(34-14)21(31)27-19(15-5-3-2-4-6-15)20(30)25-16-7-8-17-18(13-16)26-23(32)24(17)9-11-33-12-10-24/h7-8,13,15,19H,2-6,9-12H2,1H3,(H,25,30)(H,26,32)(H,27,31)/t19-/m0/s1. The average Bonchev–Trinajstić information content (AvgIpc) is 3.39. The lowest BCUT2D eigenvalue weighted by Crippen LogP contribution is -2.49. The van der Waals surface area contributed by atoms with Gasteiger partial charge in [0.25, 0.3) is 5.91 Å². The molecule has 1 aromatic heterocycles. The predicted octanol–water partition coefficient (Wildman–Crippen LogP) is 3.16. The summed E-state index contributed by atoms with van der Waals surface area (Å²) in [6.07, 6.45) is 6.30. The maximum absolute atomic E-state index is 13.4. The Balaban J connectivity index is 1.34. The van der Waals surface area contributed by atoms with Gasteiger partial charge in [-0.3, -0.25) is 14.4 Å². The van der Waals surface area contributed by atoms with E-state index in [2.05, 4.69) is 26.1 Å². The Morgan fingerprint density at radius 2 is 1.94 bits per heavy atom. The number of aryl methyl sites for hydroxylation is 1. The van der Waals surface area contributed by atoms with E-state index in [0.29, 0.717) is 36.8 Å². The van der Waals surface area contributed by atoms with E-state index >= 15 is 0 Å². The number of ether oxygens (including phenoxy) is 1. The van der Waals surface area contributed by atoms with Crippen molar-refractivity contribution in [1.82, 2.24) is 15.5 Å². The molecule has 3 heterocycles. The second-order valence-corrected chi connectivity index (χ2v) is 10.6. The molecule has 3 amide bonds. The Morgan fingerprint density at radius 1 is 1.18 bits per heavy atom. The monoisotopic (exact) mass is 483 g/mol. The van der Waals surface area contributed by atoms with E-state index in [0.717, 1.165) is 43.4 Å². The van der Waals surface area contributed by atoms with Crippen molar-refractivity contribution in [3.8, 4) is 0 Å². The van der Waals surface area contributed by atoms with Crippen molar-refractivity contribution in [1.29, 1.82) is 0 Å². The maximum Gasteiger partial charge on any atom is 0.282 e. The van der Waals surface area contributed by atoms with Crippen molar-refractivity contribution in [3.05, 3.63) is 33.8 Å². The topological polar surface area (TPSA) is 122 Å². The fourth-order valence-corrected chi connectivity index (χ4v) is 5.99. The third kappa shape index (κ3) is 4.32. The van der Waals surface area contributed by atoms with Gasteiger partial charge in [-0.2, -0.15) is 0 Å². The molecule has 1 aromatic carbocycles. The molecule has 0 radical (unpaired) electrons. The second kappa shape index (κ2) is 9.42. The molecule has 1 saturated heterocycles. The number of benzene rings is 1. The summed E-state index contributed by atoms with van der Waals surface area (Å²) in [4.78, 5) is 39.0. The predicted molar refractivity (Wildman–Crippen MR) is 128 cm³/mol. The van der Waals surface area contributed by atoms with Gasteiger partial charge in [0.1, 0.15) is 11.0 Å². The molecular weight excluding hydrogens is 454 g/mol. The minimum Gasteiger partial charge on any atom is -0.381 e. The van der Waals surface area contributed by atoms with Gasteiger partial charge in [-0.25, -0.2) is 0 Å². The largest absolute Gasteiger partial charge is 0.381 e. The van der Waals surface area contributed by atoms with Crippen LogP contribution in [0.3, 0.4) is 0 Å². The Kier molecular flexibility index (Phi) is 6.35. The first-order valence-electron chi connectivity index (χ1n) is 11.9. The van der Waals surface area contributed by atoms with Crippen LogP contribution in [-0.2, 0) is 19.7 Å². The molecule has 1 saturated carbocycles. The number of aromatic nitrogens is 2. The van der Waals surface area contributed by atoms with E-state index in [-0.39, 0.29) is 28.6 Å². The third-order valence-electron chi connectivity index (χ3n) is 7.24. The Morgan fingerprint density at radius 3 is 2.65 bits per heavy atom. The zero-order valence-electron chi connectivity index (χ0n) is 19.2. The normalized spacial score (nSPS) is 20.4. The molecule has 1 spiro atoms. The summed E-state index contributed by atoms with van der Waals surface area (Å²) < 4.78 is 5.47. The van der Waals surface area contributed by atoms with E-state index in [4.69, 9.17) is 4.74 Å². The van der Waals surface area contributed by atoms with Crippen molar-refractivity contribution >= 4 is 40.4 Å². The lowest BCUT2D eigenvalue weighted by molar-refractivity contribution is -0.124. The Hall–Kier alpha value is -2.85. The summed E-state index contributed by atoms with van der Waals surface area (Å²) in [6.45, 7) is 2.90. The summed E-state index contributed by atoms with van der Waals surface area (Å²) in [5.41, 5.74) is 1.74. The molecule has 2 aliphatic heterocycles.